The van der Waals surface area contributed by atoms with Gasteiger partial charge in [0.15, 0.2) is 0 Å². The lowest BCUT2D eigenvalue weighted by atomic mass is 10.2. The molecular formula is C19H16Cl2N2O3S2. The molecule has 1 heterocycles. The van der Waals surface area contributed by atoms with Gasteiger partial charge in [-0.3, -0.25) is 9.52 Å². The number of benzene rings is 2. The van der Waals surface area contributed by atoms with Crippen molar-refractivity contribution in [2.75, 3.05) is 11.3 Å². The predicted molar refractivity (Wildman–Crippen MR) is 114 cm³/mol. The topological polar surface area (TPSA) is 75.3 Å². The summed E-state index contributed by atoms with van der Waals surface area (Å²) in [4.78, 5) is 13.4. The highest BCUT2D eigenvalue weighted by molar-refractivity contribution is 7.92. The smallest absolute Gasteiger partial charge is 0.263 e. The van der Waals surface area contributed by atoms with E-state index in [1.165, 1.54) is 29.1 Å². The zero-order valence-electron chi connectivity index (χ0n) is 14.5. The van der Waals surface area contributed by atoms with Gasteiger partial charge in [0, 0.05) is 27.7 Å². The Hall–Kier alpha value is -2.06. The highest BCUT2D eigenvalue weighted by Gasteiger charge is 2.19. The molecule has 9 heteroatoms. The molecule has 146 valence electrons. The normalized spacial score (nSPS) is 11.2. The van der Waals surface area contributed by atoms with E-state index in [4.69, 9.17) is 23.2 Å². The summed E-state index contributed by atoms with van der Waals surface area (Å²) in [6.07, 6.45) is 0.739. The van der Waals surface area contributed by atoms with E-state index in [9.17, 15) is 13.2 Å². The van der Waals surface area contributed by atoms with Gasteiger partial charge in [-0.2, -0.15) is 0 Å². The highest BCUT2D eigenvalue weighted by Crippen LogP contribution is 2.27. The van der Waals surface area contributed by atoms with E-state index in [0.717, 1.165) is 6.42 Å². The van der Waals surface area contributed by atoms with Crippen LogP contribution in [0, 0.1) is 0 Å². The van der Waals surface area contributed by atoms with Crippen LogP contribution >= 0.6 is 34.5 Å². The number of nitrogens with one attached hydrogen (secondary N) is 2. The lowest BCUT2D eigenvalue weighted by Gasteiger charge is -2.11. The van der Waals surface area contributed by atoms with Crippen LogP contribution in [-0.2, 0) is 16.4 Å². The minimum absolute atomic E-state index is 0.0550. The fourth-order valence-corrected chi connectivity index (χ4v) is 5.00. The number of halogens is 2. The zero-order chi connectivity index (χ0) is 20.1. The second kappa shape index (κ2) is 8.96. The van der Waals surface area contributed by atoms with Crippen molar-refractivity contribution in [1.29, 1.82) is 0 Å². The molecule has 0 fully saturated rings. The lowest BCUT2D eigenvalue weighted by molar-refractivity contribution is 0.0954. The van der Waals surface area contributed by atoms with E-state index >= 15 is 0 Å². The van der Waals surface area contributed by atoms with E-state index < -0.39 is 10.0 Å². The van der Waals surface area contributed by atoms with Crippen LogP contribution in [0.4, 0.5) is 5.69 Å². The number of sulfonamides is 1. The maximum atomic E-state index is 12.6. The third kappa shape index (κ3) is 5.26. The molecule has 0 saturated heterocycles. The number of hydrogen-bond donors (Lipinski definition) is 2. The van der Waals surface area contributed by atoms with Crippen LogP contribution in [0.3, 0.4) is 0 Å². The maximum absolute atomic E-state index is 12.6. The number of hydrogen-bond acceptors (Lipinski definition) is 4. The van der Waals surface area contributed by atoms with Crippen molar-refractivity contribution in [3.05, 3.63) is 80.5 Å². The van der Waals surface area contributed by atoms with Crippen LogP contribution in [-0.4, -0.2) is 20.9 Å². The number of anilines is 1. The Bertz CT molecular complexity index is 1080. The average molecular weight is 455 g/mol. The van der Waals surface area contributed by atoms with Gasteiger partial charge in [-0.05, 0) is 54.3 Å². The van der Waals surface area contributed by atoms with Gasteiger partial charge in [-0.15, -0.1) is 11.3 Å². The van der Waals surface area contributed by atoms with Crippen LogP contribution in [0.2, 0.25) is 10.0 Å². The summed E-state index contributed by atoms with van der Waals surface area (Å²) in [5.74, 6) is -0.279. The van der Waals surface area contributed by atoms with Crippen molar-refractivity contribution < 1.29 is 13.2 Å². The average Bonchev–Trinajstić information content (AvgIpc) is 3.17. The van der Waals surface area contributed by atoms with Crippen LogP contribution in [0.15, 0.2) is 64.9 Å². The van der Waals surface area contributed by atoms with Crippen molar-refractivity contribution in [3.8, 4) is 0 Å². The Kier molecular flexibility index (Phi) is 6.61. The van der Waals surface area contributed by atoms with E-state index in [1.54, 1.807) is 29.5 Å². The second-order valence-electron chi connectivity index (χ2n) is 5.85. The summed E-state index contributed by atoms with van der Waals surface area (Å²) in [6.45, 7) is 0.493. The van der Waals surface area contributed by atoms with Crippen molar-refractivity contribution in [2.24, 2.45) is 0 Å². The first-order chi connectivity index (χ1) is 13.3. The molecule has 3 rings (SSSR count). The minimum Gasteiger partial charge on any atom is -0.352 e. The molecule has 28 heavy (non-hydrogen) atoms. The standard InChI is InChI=1S/C19H16Cl2N2O3S2/c20-14-6-7-17(21)18(12-14)28(25,26)23-15-4-1-3-13(11-15)19(24)22-9-8-16-5-2-10-27-16/h1-7,10-12,23H,8-9H2,(H,22,24). The fourth-order valence-electron chi connectivity index (χ4n) is 2.47. The SMILES string of the molecule is O=C(NCCc1cccs1)c1cccc(NS(=O)(=O)c2cc(Cl)ccc2Cl)c1. The number of amides is 1. The molecule has 3 aromatic rings. The molecule has 0 atom stereocenters. The number of carbonyl (C=O) groups excluding carboxylic acids is 1. The largest absolute Gasteiger partial charge is 0.352 e. The third-order valence-corrected chi connectivity index (χ3v) is 6.83. The van der Waals surface area contributed by atoms with Gasteiger partial charge in [0.05, 0.1) is 5.02 Å². The molecule has 0 aliphatic rings. The van der Waals surface area contributed by atoms with Crippen molar-refractivity contribution in [1.82, 2.24) is 5.32 Å². The van der Waals surface area contributed by atoms with Crippen molar-refractivity contribution in [2.45, 2.75) is 11.3 Å². The van der Waals surface area contributed by atoms with Gasteiger partial charge in [0.25, 0.3) is 15.9 Å². The Balaban J connectivity index is 1.70. The van der Waals surface area contributed by atoms with Gasteiger partial charge >= 0.3 is 0 Å². The molecular weight excluding hydrogens is 439 g/mol. The molecule has 0 aliphatic carbocycles. The molecule has 1 amide bonds. The summed E-state index contributed by atoms with van der Waals surface area (Å²) in [5, 5.41) is 5.12. The van der Waals surface area contributed by atoms with Crippen LogP contribution in [0.1, 0.15) is 15.2 Å². The van der Waals surface area contributed by atoms with Crippen molar-refractivity contribution >= 4 is 56.2 Å². The molecule has 0 radical (unpaired) electrons. The summed E-state index contributed by atoms with van der Waals surface area (Å²) in [7, 11) is -3.95. The first-order valence-corrected chi connectivity index (χ1v) is 11.4. The molecule has 0 saturated carbocycles. The summed E-state index contributed by atoms with van der Waals surface area (Å²) >= 11 is 13.5. The first kappa shape index (κ1) is 20.7. The van der Waals surface area contributed by atoms with E-state index in [1.807, 2.05) is 17.5 Å². The lowest BCUT2D eigenvalue weighted by Crippen LogP contribution is -2.25. The van der Waals surface area contributed by atoms with Gasteiger partial charge in [-0.1, -0.05) is 35.3 Å². The molecule has 0 spiro atoms. The molecule has 2 aromatic carbocycles. The Labute approximate surface area is 177 Å². The number of thiophene rings is 1. The Morgan fingerprint density at radius 2 is 1.86 bits per heavy atom. The number of rotatable bonds is 7. The zero-order valence-corrected chi connectivity index (χ0v) is 17.6. The van der Waals surface area contributed by atoms with E-state index in [2.05, 4.69) is 10.0 Å². The molecule has 2 N–H and O–H groups in total. The summed E-state index contributed by atoms with van der Waals surface area (Å²) in [5.41, 5.74) is 0.602. The predicted octanol–water partition coefficient (Wildman–Crippen LogP) is 4.83. The second-order valence-corrected chi connectivity index (χ2v) is 9.37. The van der Waals surface area contributed by atoms with Gasteiger partial charge < -0.3 is 5.32 Å². The molecule has 0 unspecified atom stereocenters. The van der Waals surface area contributed by atoms with Gasteiger partial charge in [-0.25, -0.2) is 8.42 Å². The highest BCUT2D eigenvalue weighted by atomic mass is 35.5. The van der Waals surface area contributed by atoms with Crippen molar-refractivity contribution in [3.63, 3.8) is 0 Å². The third-order valence-electron chi connectivity index (χ3n) is 3.80. The van der Waals surface area contributed by atoms with Crippen LogP contribution in [0.25, 0.3) is 0 Å². The maximum Gasteiger partial charge on any atom is 0.263 e. The van der Waals surface area contributed by atoms with Gasteiger partial charge in [0.1, 0.15) is 4.90 Å². The molecule has 0 bridgehead atoms. The quantitative estimate of drug-likeness (QED) is 0.536. The van der Waals surface area contributed by atoms with Gasteiger partial charge in [0.2, 0.25) is 0 Å². The first-order valence-electron chi connectivity index (χ1n) is 8.24. The molecule has 0 aliphatic heterocycles. The Morgan fingerprint density at radius 1 is 1.04 bits per heavy atom. The summed E-state index contributed by atoms with van der Waals surface area (Å²) < 4.78 is 27.6. The monoisotopic (exact) mass is 454 g/mol. The Morgan fingerprint density at radius 3 is 2.61 bits per heavy atom. The van der Waals surface area contributed by atoms with Crippen LogP contribution < -0.4 is 10.0 Å². The fraction of sp³-hybridized carbons (Fsp3) is 0.105. The molecule has 5 nitrogen and oxygen atoms in total. The number of carbonyl (C=O) groups is 1. The molecule has 1 aromatic heterocycles. The summed E-state index contributed by atoms with van der Waals surface area (Å²) in [6, 6.07) is 14.4. The van der Waals surface area contributed by atoms with E-state index in [0.29, 0.717) is 12.1 Å². The van der Waals surface area contributed by atoms with E-state index in [-0.39, 0.29) is 26.5 Å². The van der Waals surface area contributed by atoms with Crippen LogP contribution in [0.5, 0.6) is 0 Å². The minimum atomic E-state index is -3.95.